The Hall–Kier alpha value is -3.72. The predicted octanol–water partition coefficient (Wildman–Crippen LogP) is 5.51. The summed E-state index contributed by atoms with van der Waals surface area (Å²) in [5, 5.41) is 1.00. The van der Waals surface area contributed by atoms with Crippen molar-refractivity contribution in [1.82, 2.24) is 9.97 Å². The van der Waals surface area contributed by atoms with E-state index >= 15 is 0 Å². The van der Waals surface area contributed by atoms with Gasteiger partial charge in [-0.05, 0) is 23.3 Å². The van der Waals surface area contributed by atoms with Crippen molar-refractivity contribution in [2.75, 3.05) is 0 Å². The maximum Gasteiger partial charge on any atom is 0.160 e. The molecule has 4 aromatic rings. The summed E-state index contributed by atoms with van der Waals surface area (Å²) >= 11 is 0. The standard InChI is InChI=1S/C26H19BN2/c1-3-9-18(4-2)19-10-7-11-20(16-19)25-23-14-5-6-15-24(23)28-26(29-25)21-12-8-13-22(27)17-21/h3-17H,1-2H2/b18-9+. The summed E-state index contributed by atoms with van der Waals surface area (Å²) in [5.41, 5.74) is 6.45. The van der Waals surface area contributed by atoms with Crippen LogP contribution >= 0.6 is 0 Å². The quantitative estimate of drug-likeness (QED) is 0.342. The average Bonchev–Trinajstić information content (AvgIpc) is 2.76. The summed E-state index contributed by atoms with van der Waals surface area (Å²) in [6, 6.07) is 24.0. The Labute approximate surface area is 172 Å². The third-order valence-corrected chi connectivity index (χ3v) is 4.73. The zero-order valence-corrected chi connectivity index (χ0v) is 16.0. The Morgan fingerprint density at radius 2 is 1.62 bits per heavy atom. The van der Waals surface area contributed by atoms with Crippen LogP contribution in [0.25, 0.3) is 39.1 Å². The first kappa shape index (κ1) is 18.6. The molecule has 0 atom stereocenters. The zero-order chi connectivity index (χ0) is 20.2. The number of aromatic nitrogens is 2. The molecule has 2 radical (unpaired) electrons. The molecule has 4 rings (SSSR count). The minimum atomic E-state index is 0.655. The normalized spacial score (nSPS) is 11.4. The molecule has 0 amide bonds. The van der Waals surface area contributed by atoms with Gasteiger partial charge < -0.3 is 0 Å². The van der Waals surface area contributed by atoms with E-state index in [4.69, 9.17) is 17.8 Å². The van der Waals surface area contributed by atoms with Crippen LogP contribution in [0, 0.1) is 0 Å². The molecule has 0 unspecified atom stereocenters. The van der Waals surface area contributed by atoms with E-state index in [-0.39, 0.29) is 0 Å². The van der Waals surface area contributed by atoms with Crippen LogP contribution in [0.15, 0.2) is 104 Å². The van der Waals surface area contributed by atoms with Crippen LogP contribution in [0.2, 0.25) is 0 Å². The summed E-state index contributed by atoms with van der Waals surface area (Å²) in [7, 11) is 5.98. The molecule has 0 bridgehead atoms. The van der Waals surface area contributed by atoms with Gasteiger partial charge in [-0.25, -0.2) is 9.97 Å². The van der Waals surface area contributed by atoms with Crippen LogP contribution in [0.4, 0.5) is 0 Å². The fraction of sp³-hybridized carbons (Fsp3) is 0. The lowest BCUT2D eigenvalue weighted by atomic mass is 9.94. The lowest BCUT2D eigenvalue weighted by Crippen LogP contribution is -2.02. The molecule has 0 saturated carbocycles. The highest BCUT2D eigenvalue weighted by molar-refractivity contribution is 6.32. The van der Waals surface area contributed by atoms with Gasteiger partial charge in [-0.3, -0.25) is 0 Å². The molecule has 0 N–H and O–H groups in total. The molecule has 136 valence electrons. The van der Waals surface area contributed by atoms with Gasteiger partial charge >= 0.3 is 0 Å². The average molecular weight is 370 g/mol. The van der Waals surface area contributed by atoms with E-state index in [2.05, 4.69) is 37.4 Å². The number of fused-ring (bicyclic) bond motifs is 1. The maximum absolute atomic E-state index is 5.98. The first-order valence-electron chi connectivity index (χ1n) is 9.38. The fourth-order valence-corrected chi connectivity index (χ4v) is 3.36. The molecule has 0 aliphatic rings. The van der Waals surface area contributed by atoms with Crippen LogP contribution in [-0.4, -0.2) is 17.8 Å². The van der Waals surface area contributed by atoms with Gasteiger partial charge in [-0.2, -0.15) is 0 Å². The molecule has 0 fully saturated rings. The van der Waals surface area contributed by atoms with E-state index < -0.39 is 0 Å². The Kier molecular flexibility index (Phi) is 5.21. The minimum Gasteiger partial charge on any atom is -0.228 e. The summed E-state index contributed by atoms with van der Waals surface area (Å²) in [4.78, 5) is 9.69. The second-order valence-corrected chi connectivity index (χ2v) is 6.68. The first-order chi connectivity index (χ1) is 14.2. The van der Waals surface area contributed by atoms with Crippen molar-refractivity contribution in [3.05, 3.63) is 110 Å². The molecule has 2 nitrogen and oxygen atoms in total. The third-order valence-electron chi connectivity index (χ3n) is 4.73. The Bertz CT molecular complexity index is 1250. The van der Waals surface area contributed by atoms with Crippen LogP contribution in [0.5, 0.6) is 0 Å². The topological polar surface area (TPSA) is 25.8 Å². The summed E-state index contributed by atoms with van der Waals surface area (Å²) < 4.78 is 0. The number of hydrogen-bond donors (Lipinski definition) is 0. The molecule has 0 aliphatic carbocycles. The van der Waals surface area contributed by atoms with E-state index in [0.717, 1.165) is 38.9 Å². The summed E-state index contributed by atoms with van der Waals surface area (Å²) in [6.07, 6.45) is 5.54. The molecule has 3 heteroatoms. The van der Waals surface area contributed by atoms with E-state index in [1.807, 2.05) is 60.7 Å². The van der Waals surface area contributed by atoms with Crippen molar-refractivity contribution in [2.45, 2.75) is 0 Å². The molecule has 29 heavy (non-hydrogen) atoms. The van der Waals surface area contributed by atoms with Gasteiger partial charge in [0.15, 0.2) is 5.82 Å². The van der Waals surface area contributed by atoms with E-state index in [0.29, 0.717) is 11.3 Å². The summed E-state index contributed by atoms with van der Waals surface area (Å²) in [6.45, 7) is 7.71. The number of rotatable bonds is 5. The molecule has 1 aromatic heterocycles. The molecule has 3 aromatic carbocycles. The van der Waals surface area contributed by atoms with Gasteiger partial charge in [0.1, 0.15) is 7.85 Å². The van der Waals surface area contributed by atoms with Crippen molar-refractivity contribution >= 4 is 29.8 Å². The Balaban J connectivity index is 1.95. The SMILES string of the molecule is [B]c1cccc(-c2nc(-c3cccc(/C(C=C)=C/C=C)c3)c3ccccc3n2)c1. The Morgan fingerprint density at radius 3 is 2.41 bits per heavy atom. The maximum atomic E-state index is 5.98. The number of benzene rings is 3. The van der Waals surface area contributed by atoms with Gasteiger partial charge in [-0.15, -0.1) is 0 Å². The van der Waals surface area contributed by atoms with E-state index in [9.17, 15) is 0 Å². The molecule has 0 spiro atoms. The highest BCUT2D eigenvalue weighted by atomic mass is 14.9. The minimum absolute atomic E-state index is 0.655. The van der Waals surface area contributed by atoms with Crippen molar-refractivity contribution < 1.29 is 0 Å². The highest BCUT2D eigenvalue weighted by Crippen LogP contribution is 2.30. The molecule has 0 saturated heterocycles. The monoisotopic (exact) mass is 370 g/mol. The first-order valence-corrected chi connectivity index (χ1v) is 9.38. The molecule has 1 heterocycles. The molecular weight excluding hydrogens is 351 g/mol. The lowest BCUT2D eigenvalue weighted by Gasteiger charge is -2.11. The second kappa shape index (κ2) is 8.11. The van der Waals surface area contributed by atoms with Crippen molar-refractivity contribution in [1.29, 1.82) is 0 Å². The summed E-state index contributed by atoms with van der Waals surface area (Å²) in [5.74, 6) is 0.655. The molecule has 0 aliphatic heterocycles. The fourth-order valence-electron chi connectivity index (χ4n) is 3.36. The van der Waals surface area contributed by atoms with E-state index in [1.165, 1.54) is 0 Å². The highest BCUT2D eigenvalue weighted by Gasteiger charge is 2.12. The Morgan fingerprint density at radius 1 is 0.828 bits per heavy atom. The van der Waals surface area contributed by atoms with Gasteiger partial charge in [0.25, 0.3) is 0 Å². The predicted molar refractivity (Wildman–Crippen MR) is 124 cm³/mol. The van der Waals surface area contributed by atoms with Crippen LogP contribution < -0.4 is 5.46 Å². The third kappa shape index (κ3) is 3.81. The largest absolute Gasteiger partial charge is 0.228 e. The van der Waals surface area contributed by atoms with Gasteiger partial charge in [0.2, 0.25) is 0 Å². The van der Waals surface area contributed by atoms with Crippen LogP contribution in [-0.2, 0) is 0 Å². The van der Waals surface area contributed by atoms with E-state index in [1.54, 1.807) is 6.08 Å². The van der Waals surface area contributed by atoms with Crippen LogP contribution in [0.3, 0.4) is 0 Å². The number of nitrogens with zero attached hydrogens (tertiary/aromatic N) is 2. The second-order valence-electron chi connectivity index (χ2n) is 6.68. The van der Waals surface area contributed by atoms with Crippen molar-refractivity contribution in [3.8, 4) is 22.6 Å². The van der Waals surface area contributed by atoms with Gasteiger partial charge in [0, 0.05) is 16.5 Å². The number of para-hydroxylation sites is 1. The van der Waals surface area contributed by atoms with Gasteiger partial charge in [-0.1, -0.05) is 97.5 Å². The number of hydrogen-bond acceptors (Lipinski definition) is 2. The zero-order valence-electron chi connectivity index (χ0n) is 16.0. The number of allylic oxidation sites excluding steroid dienone is 4. The van der Waals surface area contributed by atoms with Crippen molar-refractivity contribution in [2.24, 2.45) is 0 Å². The van der Waals surface area contributed by atoms with Gasteiger partial charge in [0.05, 0.1) is 11.2 Å². The molecular formula is C26H19BN2. The van der Waals surface area contributed by atoms with Crippen LogP contribution in [0.1, 0.15) is 5.56 Å². The van der Waals surface area contributed by atoms with Crippen molar-refractivity contribution in [3.63, 3.8) is 0 Å². The smallest absolute Gasteiger partial charge is 0.160 e. The lowest BCUT2D eigenvalue weighted by molar-refractivity contribution is 1.23.